The van der Waals surface area contributed by atoms with E-state index in [2.05, 4.69) is 21.3 Å². The van der Waals surface area contributed by atoms with Crippen LogP contribution in [-0.2, 0) is 32.2 Å². The Bertz CT molecular complexity index is 1700. The Balaban J connectivity index is 1.40. The molecule has 3 unspecified atom stereocenters. The summed E-state index contributed by atoms with van der Waals surface area (Å²) >= 11 is 0. The summed E-state index contributed by atoms with van der Waals surface area (Å²) < 4.78 is 68.0. The normalized spacial score (nSPS) is 18.0. The molecule has 0 radical (unpaired) electrons. The number of alkyl halides is 3. The second-order valence-corrected chi connectivity index (χ2v) is 13.0. The van der Waals surface area contributed by atoms with Crippen LogP contribution < -0.4 is 21.3 Å². The van der Waals surface area contributed by atoms with Crippen LogP contribution in [0, 0.1) is 0 Å². The first-order valence-corrected chi connectivity index (χ1v) is 16.4. The fraction of sp³-hybridized carbons (Fsp3) is 0.312. The minimum Gasteiger partial charge on any atom is -0.445 e. The maximum atomic E-state index is 13.1. The number of nitrogens with one attached hydrogen (secondary N) is 4. The number of carbonyl (C=O) groups is 4. The number of sulfone groups is 1. The topological polar surface area (TPSA) is 160 Å². The number of hydrogen-bond acceptors (Lipinski definition) is 7. The molecule has 1 aliphatic rings. The molecule has 3 atom stereocenters. The summed E-state index contributed by atoms with van der Waals surface area (Å²) in [5.41, 5.74) is -0.325. The second-order valence-electron chi connectivity index (χ2n) is 11.0. The van der Waals surface area contributed by atoms with Crippen molar-refractivity contribution in [2.24, 2.45) is 0 Å². The van der Waals surface area contributed by atoms with Gasteiger partial charge in [0.25, 0.3) is 11.8 Å². The molecule has 4 N–H and O–H groups in total. The van der Waals surface area contributed by atoms with E-state index < -0.39 is 70.1 Å². The lowest BCUT2D eigenvalue weighted by Gasteiger charge is -2.37. The van der Waals surface area contributed by atoms with Crippen LogP contribution in [0.4, 0.5) is 18.0 Å². The van der Waals surface area contributed by atoms with Crippen LogP contribution >= 0.6 is 0 Å². The first-order chi connectivity index (χ1) is 22.2. The molecule has 1 aliphatic carbocycles. The lowest BCUT2D eigenvalue weighted by atomic mass is 9.86. The molecule has 1 fully saturated rings. The average Bonchev–Trinajstić information content (AvgIpc) is 3.03. The van der Waals surface area contributed by atoms with Crippen molar-refractivity contribution in [3.63, 3.8) is 0 Å². The van der Waals surface area contributed by atoms with Crippen molar-refractivity contribution in [3.05, 3.63) is 101 Å². The Hall–Kier alpha value is -4.92. The number of hydrogen-bond donors (Lipinski definition) is 4. The van der Waals surface area contributed by atoms with Crippen molar-refractivity contribution in [1.82, 2.24) is 21.3 Å². The standard InChI is InChI=1S/C32H33F3N4O7S/c1-47(44,45)25-13-10-21(11-14-25)30(42)39-26-15-12-24(37-31(43)46-19-20-6-3-2-4-7-20)17-27(26)38-28(40)18-36-29(41)22-8-5-9-23(16-22)32(33,34)35/h2-11,13-14,16,24,26-27H,12,15,17-19H2,1H3,(H,36,41)(H,37,43)(H,38,40)(H,39,42). The summed E-state index contributed by atoms with van der Waals surface area (Å²) in [7, 11) is -3.47. The molecule has 0 aliphatic heterocycles. The zero-order valence-corrected chi connectivity index (χ0v) is 26.0. The van der Waals surface area contributed by atoms with Crippen molar-refractivity contribution in [1.29, 1.82) is 0 Å². The van der Waals surface area contributed by atoms with E-state index in [9.17, 15) is 40.8 Å². The third-order valence-corrected chi connectivity index (χ3v) is 8.58. The van der Waals surface area contributed by atoms with Crippen molar-refractivity contribution in [2.75, 3.05) is 12.8 Å². The summed E-state index contributed by atoms with van der Waals surface area (Å²) in [5, 5.41) is 10.6. The predicted molar refractivity (Wildman–Crippen MR) is 164 cm³/mol. The van der Waals surface area contributed by atoms with E-state index in [1.807, 2.05) is 18.2 Å². The first-order valence-electron chi connectivity index (χ1n) is 14.5. The Morgan fingerprint density at radius 1 is 0.809 bits per heavy atom. The third-order valence-electron chi connectivity index (χ3n) is 7.45. The van der Waals surface area contributed by atoms with Crippen LogP contribution in [0.25, 0.3) is 0 Å². The highest BCUT2D eigenvalue weighted by atomic mass is 32.2. The Labute approximate surface area is 269 Å². The van der Waals surface area contributed by atoms with Gasteiger partial charge in [-0.1, -0.05) is 36.4 Å². The van der Waals surface area contributed by atoms with E-state index in [1.54, 1.807) is 12.1 Å². The van der Waals surface area contributed by atoms with Gasteiger partial charge in [0.2, 0.25) is 5.91 Å². The highest BCUT2D eigenvalue weighted by molar-refractivity contribution is 7.90. The van der Waals surface area contributed by atoms with E-state index in [0.29, 0.717) is 18.9 Å². The van der Waals surface area contributed by atoms with Crippen LogP contribution in [0.15, 0.2) is 83.8 Å². The predicted octanol–water partition coefficient (Wildman–Crippen LogP) is 3.60. The first kappa shape index (κ1) is 34.9. The number of amides is 4. The van der Waals surface area contributed by atoms with Crippen molar-refractivity contribution >= 4 is 33.7 Å². The van der Waals surface area contributed by atoms with Gasteiger partial charge in [0, 0.05) is 29.5 Å². The largest absolute Gasteiger partial charge is 0.445 e. The van der Waals surface area contributed by atoms with Gasteiger partial charge in [0.1, 0.15) is 6.61 Å². The molecule has 11 nitrogen and oxygen atoms in total. The summed E-state index contributed by atoms with van der Waals surface area (Å²) in [6, 6.07) is 16.3. The molecule has 0 bridgehead atoms. The van der Waals surface area contributed by atoms with Crippen LogP contribution in [0.2, 0.25) is 0 Å². The Morgan fingerprint density at radius 2 is 1.51 bits per heavy atom. The van der Waals surface area contributed by atoms with Crippen molar-refractivity contribution < 1.29 is 45.5 Å². The average molecular weight is 675 g/mol. The smallest absolute Gasteiger partial charge is 0.416 e. The molecule has 15 heteroatoms. The molecule has 0 spiro atoms. The highest BCUT2D eigenvalue weighted by Crippen LogP contribution is 2.29. The number of benzene rings is 3. The molecule has 4 rings (SSSR count). The zero-order valence-electron chi connectivity index (χ0n) is 25.2. The molecule has 0 aromatic heterocycles. The maximum Gasteiger partial charge on any atom is 0.416 e. The highest BCUT2D eigenvalue weighted by Gasteiger charge is 2.34. The fourth-order valence-electron chi connectivity index (χ4n) is 5.03. The van der Waals surface area contributed by atoms with Crippen LogP contribution in [-0.4, -0.2) is 63.2 Å². The minimum absolute atomic E-state index is 0.0390. The number of rotatable bonds is 10. The van der Waals surface area contributed by atoms with Crippen molar-refractivity contribution in [3.8, 4) is 0 Å². The lowest BCUT2D eigenvalue weighted by Crippen LogP contribution is -2.58. The van der Waals surface area contributed by atoms with E-state index in [4.69, 9.17) is 4.74 Å². The van der Waals surface area contributed by atoms with Gasteiger partial charge in [-0.3, -0.25) is 14.4 Å². The molecule has 0 saturated heterocycles. The van der Waals surface area contributed by atoms with Gasteiger partial charge >= 0.3 is 12.3 Å². The molecule has 250 valence electrons. The summed E-state index contributed by atoms with van der Waals surface area (Å²) in [4.78, 5) is 51.0. The maximum absolute atomic E-state index is 13.1. The summed E-state index contributed by atoms with van der Waals surface area (Å²) in [5.74, 6) is -2.10. The minimum atomic E-state index is -4.65. The van der Waals surface area contributed by atoms with Gasteiger partial charge in [0.05, 0.1) is 23.0 Å². The van der Waals surface area contributed by atoms with E-state index in [0.717, 1.165) is 24.0 Å². The SMILES string of the molecule is CS(=O)(=O)c1ccc(C(=O)NC2CCC(NC(=O)OCc3ccccc3)CC2NC(=O)CNC(=O)c2cccc(C(F)(F)F)c2)cc1. The quantitative estimate of drug-likeness (QED) is 0.256. The third kappa shape index (κ3) is 10.3. The number of ether oxygens (including phenoxy) is 1. The number of halogens is 3. The van der Waals surface area contributed by atoms with Gasteiger partial charge in [-0.05, 0) is 67.3 Å². The Morgan fingerprint density at radius 3 is 2.17 bits per heavy atom. The summed E-state index contributed by atoms with van der Waals surface area (Å²) in [6.45, 7) is -0.529. The molecule has 0 heterocycles. The second kappa shape index (κ2) is 15.1. The van der Waals surface area contributed by atoms with E-state index in [1.165, 1.54) is 30.3 Å². The van der Waals surface area contributed by atoms with Crippen LogP contribution in [0.1, 0.15) is 51.1 Å². The van der Waals surface area contributed by atoms with Gasteiger partial charge < -0.3 is 26.0 Å². The van der Waals surface area contributed by atoms with E-state index in [-0.39, 0.29) is 29.1 Å². The molecule has 3 aromatic rings. The fourth-order valence-corrected chi connectivity index (χ4v) is 5.66. The molecule has 3 aromatic carbocycles. The zero-order chi connectivity index (χ0) is 34.2. The molecular weight excluding hydrogens is 641 g/mol. The number of alkyl carbamates (subject to hydrolysis) is 1. The number of carbonyl (C=O) groups excluding carboxylic acids is 4. The Kier molecular flexibility index (Phi) is 11.2. The van der Waals surface area contributed by atoms with Gasteiger partial charge in [-0.15, -0.1) is 0 Å². The summed E-state index contributed by atoms with van der Waals surface area (Å²) in [6.07, 6.45) is -3.38. The van der Waals surface area contributed by atoms with Gasteiger partial charge in [-0.2, -0.15) is 13.2 Å². The molecule has 4 amide bonds. The van der Waals surface area contributed by atoms with E-state index >= 15 is 0 Å². The van der Waals surface area contributed by atoms with Gasteiger partial charge in [-0.25, -0.2) is 13.2 Å². The molecule has 47 heavy (non-hydrogen) atoms. The van der Waals surface area contributed by atoms with Crippen molar-refractivity contribution in [2.45, 2.75) is 55.1 Å². The molecule has 1 saturated carbocycles. The van der Waals surface area contributed by atoms with Gasteiger partial charge in [0.15, 0.2) is 9.84 Å². The van der Waals surface area contributed by atoms with Crippen LogP contribution in [0.5, 0.6) is 0 Å². The molecular formula is C32H33F3N4O7S. The monoisotopic (exact) mass is 674 g/mol. The lowest BCUT2D eigenvalue weighted by molar-refractivity contribution is -0.137. The van der Waals surface area contributed by atoms with Crippen LogP contribution in [0.3, 0.4) is 0 Å².